The first-order valence-electron chi connectivity index (χ1n) is 11.3. The number of fused-ring (bicyclic) bond motifs is 1. The number of benzene rings is 3. The van der Waals surface area contributed by atoms with Crippen molar-refractivity contribution in [3.63, 3.8) is 0 Å². The molecule has 35 heavy (non-hydrogen) atoms. The molecule has 2 heterocycles. The van der Waals surface area contributed by atoms with Crippen molar-refractivity contribution in [2.24, 2.45) is 0 Å². The van der Waals surface area contributed by atoms with Crippen molar-refractivity contribution >= 4 is 43.2 Å². The Balaban J connectivity index is 1.31. The number of nitrogens with one attached hydrogen (secondary N) is 1. The molecule has 0 bridgehead atoms. The highest BCUT2D eigenvalue weighted by Gasteiger charge is 2.32. The van der Waals surface area contributed by atoms with Gasteiger partial charge in [0.15, 0.2) is 5.13 Å². The molecule has 1 N–H and O–H groups in total. The molecular formula is C26H25N3O4S2. The molecule has 1 aromatic heterocycles. The van der Waals surface area contributed by atoms with Crippen LogP contribution in [0.4, 0.5) is 5.13 Å². The number of amides is 1. The minimum Gasteiger partial charge on any atom is -0.373 e. The number of carbonyl (C=O) groups excluding carboxylic acids is 1. The van der Waals surface area contributed by atoms with E-state index in [2.05, 4.69) is 28.5 Å². The van der Waals surface area contributed by atoms with Crippen LogP contribution in [-0.2, 0) is 14.8 Å². The number of thiazole rings is 1. The molecule has 180 valence electrons. The maximum atomic E-state index is 13.0. The zero-order valence-electron chi connectivity index (χ0n) is 19.3. The lowest BCUT2D eigenvalue weighted by Gasteiger charge is -2.34. The smallest absolute Gasteiger partial charge is 0.257 e. The molecule has 2 atom stereocenters. The molecule has 3 aromatic carbocycles. The largest absolute Gasteiger partial charge is 0.373 e. The Kier molecular flexibility index (Phi) is 6.41. The minimum atomic E-state index is -3.66. The van der Waals surface area contributed by atoms with Gasteiger partial charge in [0.25, 0.3) is 5.91 Å². The van der Waals surface area contributed by atoms with Gasteiger partial charge in [-0.3, -0.25) is 10.1 Å². The zero-order chi connectivity index (χ0) is 24.6. The molecule has 1 amide bonds. The van der Waals surface area contributed by atoms with E-state index < -0.39 is 10.0 Å². The van der Waals surface area contributed by atoms with E-state index in [-0.39, 0.29) is 23.0 Å². The maximum absolute atomic E-state index is 13.0. The monoisotopic (exact) mass is 507 g/mol. The lowest BCUT2D eigenvalue weighted by Crippen LogP contribution is -2.48. The summed E-state index contributed by atoms with van der Waals surface area (Å²) < 4.78 is 33.2. The Morgan fingerprint density at radius 2 is 1.69 bits per heavy atom. The number of carbonyl (C=O) groups is 1. The van der Waals surface area contributed by atoms with Crippen LogP contribution < -0.4 is 5.32 Å². The van der Waals surface area contributed by atoms with Crippen LogP contribution in [0.3, 0.4) is 0 Å². The summed E-state index contributed by atoms with van der Waals surface area (Å²) >= 11 is 1.35. The van der Waals surface area contributed by atoms with Gasteiger partial charge >= 0.3 is 0 Å². The molecule has 0 saturated carbocycles. The van der Waals surface area contributed by atoms with Crippen LogP contribution >= 0.6 is 11.3 Å². The van der Waals surface area contributed by atoms with Gasteiger partial charge in [0.1, 0.15) is 0 Å². The average Bonchev–Trinajstić information content (AvgIpc) is 3.31. The first-order valence-corrected chi connectivity index (χ1v) is 13.6. The Bertz CT molecular complexity index is 1470. The van der Waals surface area contributed by atoms with Crippen molar-refractivity contribution in [2.75, 3.05) is 18.4 Å². The quantitative estimate of drug-likeness (QED) is 0.410. The average molecular weight is 508 g/mol. The summed E-state index contributed by atoms with van der Waals surface area (Å²) in [5.74, 6) is -0.346. The van der Waals surface area contributed by atoms with Crippen LogP contribution in [0, 0.1) is 0 Å². The highest BCUT2D eigenvalue weighted by atomic mass is 32.2. The third-order valence-electron chi connectivity index (χ3n) is 5.93. The molecule has 1 aliphatic heterocycles. The number of sulfonamides is 1. The number of anilines is 1. The fourth-order valence-electron chi connectivity index (χ4n) is 4.33. The summed E-state index contributed by atoms with van der Waals surface area (Å²) in [6.07, 6.45) is -0.341. The van der Waals surface area contributed by atoms with E-state index in [1.807, 2.05) is 43.5 Å². The number of hydrogen-bond acceptors (Lipinski definition) is 6. The summed E-state index contributed by atoms with van der Waals surface area (Å²) in [7, 11) is -3.66. The summed E-state index contributed by atoms with van der Waals surface area (Å²) in [5.41, 5.74) is 2.15. The van der Waals surface area contributed by atoms with E-state index in [4.69, 9.17) is 4.74 Å². The second kappa shape index (κ2) is 9.50. The van der Waals surface area contributed by atoms with Crippen molar-refractivity contribution < 1.29 is 17.9 Å². The van der Waals surface area contributed by atoms with Gasteiger partial charge in [0, 0.05) is 29.6 Å². The van der Waals surface area contributed by atoms with Crippen LogP contribution in [0.5, 0.6) is 0 Å². The van der Waals surface area contributed by atoms with Gasteiger partial charge < -0.3 is 4.74 Å². The van der Waals surface area contributed by atoms with Crippen molar-refractivity contribution in [3.05, 3.63) is 77.7 Å². The predicted octanol–water partition coefficient (Wildman–Crippen LogP) is 5.01. The molecule has 0 spiro atoms. The lowest BCUT2D eigenvalue weighted by molar-refractivity contribution is -0.0440. The fraction of sp³-hybridized carbons (Fsp3) is 0.231. The highest BCUT2D eigenvalue weighted by molar-refractivity contribution is 7.89. The molecule has 0 aliphatic carbocycles. The van der Waals surface area contributed by atoms with E-state index in [1.54, 1.807) is 0 Å². The van der Waals surface area contributed by atoms with Gasteiger partial charge in [-0.25, -0.2) is 13.4 Å². The van der Waals surface area contributed by atoms with Gasteiger partial charge in [0.2, 0.25) is 10.0 Å². The zero-order valence-corrected chi connectivity index (χ0v) is 21.0. The highest BCUT2D eigenvalue weighted by Crippen LogP contribution is 2.31. The van der Waals surface area contributed by atoms with Gasteiger partial charge in [-0.05, 0) is 48.9 Å². The van der Waals surface area contributed by atoms with Crippen LogP contribution in [0.25, 0.3) is 22.0 Å². The molecule has 5 rings (SSSR count). The van der Waals surface area contributed by atoms with Crippen molar-refractivity contribution in [3.8, 4) is 11.3 Å². The van der Waals surface area contributed by atoms with Gasteiger partial charge in [-0.1, -0.05) is 42.5 Å². The molecule has 4 aromatic rings. The van der Waals surface area contributed by atoms with Crippen LogP contribution in [0.15, 0.2) is 77.0 Å². The molecule has 9 heteroatoms. The molecule has 1 fully saturated rings. The molecule has 1 aliphatic rings. The summed E-state index contributed by atoms with van der Waals surface area (Å²) in [6.45, 7) is 4.32. The van der Waals surface area contributed by atoms with Gasteiger partial charge in [-0.15, -0.1) is 11.3 Å². The lowest BCUT2D eigenvalue weighted by atomic mass is 10.0. The maximum Gasteiger partial charge on any atom is 0.257 e. The predicted molar refractivity (Wildman–Crippen MR) is 138 cm³/mol. The Labute approximate surface area is 208 Å². The van der Waals surface area contributed by atoms with E-state index in [1.165, 1.54) is 39.9 Å². The molecule has 7 nitrogen and oxygen atoms in total. The van der Waals surface area contributed by atoms with E-state index in [0.717, 1.165) is 22.0 Å². The Hall–Kier alpha value is -3.11. The SMILES string of the molecule is CC1CN(S(=O)(=O)c2ccc(C(=O)Nc3nc(-c4cccc5ccccc45)cs3)cc2)CC(C)O1. The second-order valence-electron chi connectivity index (χ2n) is 8.62. The number of aromatic nitrogens is 1. The first-order chi connectivity index (χ1) is 16.8. The summed E-state index contributed by atoms with van der Waals surface area (Å²) in [6, 6.07) is 20.1. The van der Waals surface area contributed by atoms with Crippen molar-refractivity contribution in [1.82, 2.24) is 9.29 Å². The van der Waals surface area contributed by atoms with Gasteiger partial charge in [-0.2, -0.15) is 4.31 Å². The minimum absolute atomic E-state index is 0.155. The number of hydrogen-bond donors (Lipinski definition) is 1. The van der Waals surface area contributed by atoms with Crippen LogP contribution in [0.1, 0.15) is 24.2 Å². The van der Waals surface area contributed by atoms with Gasteiger partial charge in [0.05, 0.1) is 22.8 Å². The van der Waals surface area contributed by atoms with Crippen molar-refractivity contribution in [1.29, 1.82) is 0 Å². The van der Waals surface area contributed by atoms with E-state index in [9.17, 15) is 13.2 Å². The molecular weight excluding hydrogens is 482 g/mol. The van der Waals surface area contributed by atoms with Crippen molar-refractivity contribution in [2.45, 2.75) is 31.0 Å². The number of nitrogens with zero attached hydrogens (tertiary/aromatic N) is 2. The fourth-order valence-corrected chi connectivity index (χ4v) is 6.62. The third kappa shape index (κ3) is 4.85. The Morgan fingerprint density at radius 1 is 1.00 bits per heavy atom. The normalized spacial score (nSPS) is 19.0. The third-order valence-corrected chi connectivity index (χ3v) is 8.53. The number of ether oxygens (including phenoxy) is 1. The topological polar surface area (TPSA) is 88.6 Å². The molecule has 0 radical (unpaired) electrons. The molecule has 2 unspecified atom stereocenters. The Morgan fingerprint density at radius 3 is 2.43 bits per heavy atom. The van der Waals surface area contributed by atoms with E-state index >= 15 is 0 Å². The van der Waals surface area contributed by atoms with Crippen LogP contribution in [-0.4, -0.2) is 48.9 Å². The summed E-state index contributed by atoms with van der Waals surface area (Å²) in [5, 5.41) is 7.43. The first kappa shape index (κ1) is 23.6. The number of morpholine rings is 1. The standard InChI is InChI=1S/C26H25N3O4S2/c1-17-14-29(15-18(2)33-17)35(31,32)21-12-10-20(11-13-21)25(30)28-26-27-24(16-34-26)23-9-5-7-19-6-3-4-8-22(19)23/h3-13,16-18H,14-15H2,1-2H3,(H,27,28,30). The van der Waals surface area contributed by atoms with E-state index in [0.29, 0.717) is 23.8 Å². The summed E-state index contributed by atoms with van der Waals surface area (Å²) in [4.78, 5) is 17.6. The number of rotatable bonds is 5. The van der Waals surface area contributed by atoms with Crippen LogP contribution in [0.2, 0.25) is 0 Å². The second-order valence-corrected chi connectivity index (χ2v) is 11.4. The molecule has 1 saturated heterocycles.